The van der Waals surface area contributed by atoms with Crippen molar-refractivity contribution < 1.29 is 19.4 Å². The van der Waals surface area contributed by atoms with E-state index in [2.05, 4.69) is 21.7 Å². The lowest BCUT2D eigenvalue weighted by atomic mass is 9.67. The van der Waals surface area contributed by atoms with Gasteiger partial charge in [0.15, 0.2) is 0 Å². The Hall–Kier alpha value is -3.09. The highest BCUT2D eigenvalue weighted by Gasteiger charge is 2.52. The number of hydrogen-bond acceptors (Lipinski definition) is 6. The van der Waals surface area contributed by atoms with Crippen molar-refractivity contribution in [1.29, 1.82) is 5.26 Å². The molecule has 0 radical (unpaired) electrons. The first-order valence-electron chi connectivity index (χ1n) is 12.5. The summed E-state index contributed by atoms with van der Waals surface area (Å²) in [6.07, 6.45) is 4.75. The summed E-state index contributed by atoms with van der Waals surface area (Å²) >= 11 is 0. The van der Waals surface area contributed by atoms with Crippen LogP contribution in [-0.2, 0) is 9.59 Å². The fourth-order valence-electron chi connectivity index (χ4n) is 6.03. The van der Waals surface area contributed by atoms with Crippen LogP contribution < -0.4 is 15.4 Å². The summed E-state index contributed by atoms with van der Waals surface area (Å²) in [5.41, 5.74) is 1.49. The molecule has 4 unspecified atom stereocenters. The average Bonchev–Trinajstić information content (AvgIpc) is 3.47. The van der Waals surface area contributed by atoms with Gasteiger partial charge >= 0.3 is 0 Å². The summed E-state index contributed by atoms with van der Waals surface area (Å²) in [5, 5.41) is 27.7. The molecular formula is C26H33N5O4. The summed E-state index contributed by atoms with van der Waals surface area (Å²) in [4.78, 5) is 30.7. The molecule has 9 nitrogen and oxygen atoms in total. The van der Waals surface area contributed by atoms with E-state index in [0.29, 0.717) is 37.4 Å². The number of aliphatic hydroxyl groups is 1. The van der Waals surface area contributed by atoms with Crippen LogP contribution in [0.3, 0.4) is 0 Å². The van der Waals surface area contributed by atoms with Gasteiger partial charge < -0.3 is 25.5 Å². The number of rotatable bonds is 7. The van der Waals surface area contributed by atoms with Crippen LogP contribution in [0.25, 0.3) is 10.9 Å². The zero-order valence-corrected chi connectivity index (χ0v) is 20.0. The minimum Gasteiger partial charge on any atom is -0.496 e. The van der Waals surface area contributed by atoms with E-state index in [9.17, 15) is 20.0 Å². The standard InChI is InChI=1S/C26H33N5O4/c1-35-22-7-2-6-19-18(22)12-20(30-19)25(34)31-15-26(8-4-9-26)13-21(31)24(33)29-17(14-27)11-16-5-3-10-28-23(16)32/h2,6-7,12,16-17,21,25,30,34H,3-5,8-11,13,15H2,1H3,(H,28,32)(H,29,33). The van der Waals surface area contributed by atoms with Crippen LogP contribution in [0, 0.1) is 22.7 Å². The van der Waals surface area contributed by atoms with Crippen molar-refractivity contribution in [2.45, 2.75) is 63.3 Å². The molecule has 3 heterocycles. The van der Waals surface area contributed by atoms with Crippen LogP contribution in [0.5, 0.6) is 5.75 Å². The Bertz CT molecular complexity index is 1150. The monoisotopic (exact) mass is 479 g/mol. The van der Waals surface area contributed by atoms with E-state index in [-0.39, 0.29) is 23.1 Å². The minimum atomic E-state index is -0.993. The number of methoxy groups -OCH3 is 1. The van der Waals surface area contributed by atoms with E-state index in [1.165, 1.54) is 0 Å². The summed E-state index contributed by atoms with van der Waals surface area (Å²) in [5.74, 6) is 0.140. The van der Waals surface area contributed by atoms with Crippen LogP contribution >= 0.6 is 0 Å². The minimum absolute atomic E-state index is 0.0259. The molecule has 186 valence electrons. The van der Waals surface area contributed by atoms with Crippen LogP contribution in [0.4, 0.5) is 0 Å². The molecule has 2 amide bonds. The summed E-state index contributed by atoms with van der Waals surface area (Å²) in [7, 11) is 1.61. The molecule has 4 N–H and O–H groups in total. The number of piperidine rings is 1. The van der Waals surface area contributed by atoms with Gasteiger partial charge in [0.1, 0.15) is 18.0 Å². The predicted octanol–water partition coefficient (Wildman–Crippen LogP) is 2.34. The Morgan fingerprint density at radius 3 is 2.91 bits per heavy atom. The fourth-order valence-corrected chi connectivity index (χ4v) is 6.03. The number of carbonyl (C=O) groups is 2. The lowest BCUT2D eigenvalue weighted by Gasteiger charge is -2.38. The van der Waals surface area contributed by atoms with Gasteiger partial charge in [0.2, 0.25) is 11.8 Å². The highest BCUT2D eigenvalue weighted by atomic mass is 16.5. The number of benzene rings is 1. The molecule has 3 fully saturated rings. The average molecular weight is 480 g/mol. The Morgan fingerprint density at radius 2 is 2.23 bits per heavy atom. The van der Waals surface area contributed by atoms with Gasteiger partial charge in [-0.3, -0.25) is 14.5 Å². The molecular weight excluding hydrogens is 446 g/mol. The highest BCUT2D eigenvalue weighted by Crippen LogP contribution is 2.52. The number of carbonyl (C=O) groups excluding carboxylic acids is 2. The Labute approximate surface area is 204 Å². The third-order valence-electron chi connectivity index (χ3n) is 8.11. The maximum Gasteiger partial charge on any atom is 0.238 e. The van der Waals surface area contributed by atoms with E-state index < -0.39 is 18.3 Å². The number of aliphatic hydroxyl groups excluding tert-OH is 1. The van der Waals surface area contributed by atoms with Crippen LogP contribution in [0.1, 0.15) is 56.9 Å². The molecule has 1 aliphatic carbocycles. The van der Waals surface area contributed by atoms with Crippen molar-refractivity contribution in [3.05, 3.63) is 30.0 Å². The molecule has 5 rings (SSSR count). The highest BCUT2D eigenvalue weighted by molar-refractivity contribution is 5.87. The maximum atomic E-state index is 13.4. The topological polar surface area (TPSA) is 130 Å². The maximum absolute atomic E-state index is 13.4. The number of likely N-dealkylation sites (tertiary alicyclic amines) is 1. The van der Waals surface area contributed by atoms with Crippen LogP contribution in [0.2, 0.25) is 0 Å². The van der Waals surface area contributed by atoms with E-state index in [1.807, 2.05) is 29.2 Å². The quantitative estimate of drug-likeness (QED) is 0.482. The predicted molar refractivity (Wildman–Crippen MR) is 129 cm³/mol. The number of aromatic nitrogens is 1. The zero-order valence-electron chi connectivity index (χ0n) is 20.0. The Kier molecular flexibility index (Phi) is 6.43. The van der Waals surface area contributed by atoms with E-state index in [4.69, 9.17) is 4.74 Å². The van der Waals surface area contributed by atoms with Crippen molar-refractivity contribution in [3.63, 3.8) is 0 Å². The van der Waals surface area contributed by atoms with Crippen molar-refractivity contribution in [3.8, 4) is 11.8 Å². The van der Waals surface area contributed by atoms with Gasteiger partial charge in [-0.15, -0.1) is 0 Å². The molecule has 1 aromatic carbocycles. The third kappa shape index (κ3) is 4.48. The molecule has 35 heavy (non-hydrogen) atoms. The second-order valence-corrected chi connectivity index (χ2v) is 10.3. The Morgan fingerprint density at radius 1 is 1.40 bits per heavy atom. The number of amides is 2. The zero-order chi connectivity index (χ0) is 24.6. The van der Waals surface area contributed by atoms with Gasteiger partial charge in [-0.2, -0.15) is 5.26 Å². The Balaban J connectivity index is 1.34. The summed E-state index contributed by atoms with van der Waals surface area (Å²) < 4.78 is 5.45. The van der Waals surface area contributed by atoms with Gasteiger partial charge in [0, 0.05) is 29.9 Å². The van der Waals surface area contributed by atoms with E-state index >= 15 is 0 Å². The summed E-state index contributed by atoms with van der Waals surface area (Å²) in [6, 6.07) is 8.43. The van der Waals surface area contributed by atoms with Gasteiger partial charge in [-0.05, 0) is 62.1 Å². The van der Waals surface area contributed by atoms with E-state index in [0.717, 1.165) is 43.0 Å². The second kappa shape index (κ2) is 9.51. The fraction of sp³-hybridized carbons (Fsp3) is 0.577. The lowest BCUT2D eigenvalue weighted by Crippen LogP contribution is -2.49. The van der Waals surface area contributed by atoms with Crippen molar-refractivity contribution in [2.75, 3.05) is 20.2 Å². The summed E-state index contributed by atoms with van der Waals surface area (Å²) in [6.45, 7) is 1.29. The number of ether oxygens (including phenoxy) is 1. The SMILES string of the molecule is COc1cccc2[nH]c(C(O)N3CC4(CCC4)CC3C(=O)NC(C#N)CC3CCCNC3=O)cc12. The molecule has 1 spiro atoms. The third-order valence-corrected chi connectivity index (χ3v) is 8.11. The molecule has 9 heteroatoms. The van der Waals surface area contributed by atoms with Crippen LogP contribution in [-0.4, -0.2) is 59.1 Å². The first-order valence-corrected chi connectivity index (χ1v) is 12.5. The van der Waals surface area contributed by atoms with Crippen LogP contribution in [0.15, 0.2) is 24.3 Å². The van der Waals surface area contributed by atoms with Gasteiger partial charge in [-0.1, -0.05) is 12.5 Å². The molecule has 3 aliphatic rings. The number of aromatic amines is 1. The first kappa shape index (κ1) is 23.6. The number of nitrogens with one attached hydrogen (secondary N) is 3. The molecule has 1 aromatic heterocycles. The second-order valence-electron chi connectivity index (χ2n) is 10.3. The molecule has 4 atom stereocenters. The first-order chi connectivity index (χ1) is 16.9. The number of nitriles is 1. The number of H-pyrrole nitrogens is 1. The van der Waals surface area contributed by atoms with Gasteiger partial charge in [-0.25, -0.2) is 0 Å². The molecule has 2 aliphatic heterocycles. The van der Waals surface area contributed by atoms with Crippen molar-refractivity contribution >= 4 is 22.7 Å². The normalized spacial score (nSPS) is 25.5. The molecule has 1 saturated carbocycles. The number of fused-ring (bicyclic) bond motifs is 1. The largest absolute Gasteiger partial charge is 0.496 e. The molecule has 2 saturated heterocycles. The van der Waals surface area contributed by atoms with Crippen molar-refractivity contribution in [2.24, 2.45) is 11.3 Å². The van der Waals surface area contributed by atoms with Crippen molar-refractivity contribution in [1.82, 2.24) is 20.5 Å². The van der Waals surface area contributed by atoms with Gasteiger partial charge in [0.05, 0.1) is 24.9 Å². The number of nitrogens with zero attached hydrogens (tertiary/aromatic N) is 2. The van der Waals surface area contributed by atoms with E-state index in [1.54, 1.807) is 7.11 Å². The molecule has 2 aromatic rings. The molecule has 0 bridgehead atoms. The van der Waals surface area contributed by atoms with Gasteiger partial charge in [0.25, 0.3) is 0 Å². The lowest BCUT2D eigenvalue weighted by molar-refractivity contribution is -0.131. The smallest absolute Gasteiger partial charge is 0.238 e. The number of hydrogen-bond donors (Lipinski definition) is 4.